The molecule has 0 radical (unpaired) electrons. The molecule has 0 fully saturated rings. The van der Waals surface area contributed by atoms with E-state index in [2.05, 4.69) is 0 Å². The Morgan fingerprint density at radius 3 is 2.65 bits per heavy atom. The molecule has 0 unspecified atom stereocenters. The molecule has 0 saturated heterocycles. The minimum absolute atomic E-state index is 0.0363. The Bertz CT molecular complexity index is 751. The van der Waals surface area contributed by atoms with E-state index in [1.807, 2.05) is 0 Å². The molecule has 0 atom stereocenters. The Hall–Kier alpha value is -2.69. The Morgan fingerprint density at radius 1 is 1.10 bits per heavy atom. The van der Waals surface area contributed by atoms with E-state index in [0.29, 0.717) is 0 Å². The van der Waals surface area contributed by atoms with Crippen molar-refractivity contribution in [2.45, 2.75) is 0 Å². The van der Waals surface area contributed by atoms with Crippen LogP contribution in [0.5, 0.6) is 11.5 Å². The van der Waals surface area contributed by atoms with Crippen molar-refractivity contribution in [3.05, 3.63) is 64.9 Å². The minimum Gasteiger partial charge on any atom is -0.508 e. The van der Waals surface area contributed by atoms with Crippen molar-refractivity contribution in [2.75, 3.05) is 0 Å². The molecule has 5 heteroatoms. The Balaban J connectivity index is 2.01. The molecule has 2 aromatic carbocycles. The topological polar surface area (TPSA) is 46.5 Å². The standard InChI is InChI=1S/C15H8F2O3/c16-9-2-1-8(12(17)6-9)5-14-15(19)11-4-3-10(18)7-13(11)20-14/h1-7,18H. The van der Waals surface area contributed by atoms with Crippen LogP contribution >= 0.6 is 0 Å². The summed E-state index contributed by atoms with van der Waals surface area (Å²) in [7, 11) is 0. The number of hydrogen-bond acceptors (Lipinski definition) is 3. The second-order valence-electron chi connectivity index (χ2n) is 4.29. The van der Waals surface area contributed by atoms with Crippen molar-refractivity contribution in [3.63, 3.8) is 0 Å². The van der Waals surface area contributed by atoms with Crippen LogP contribution in [0.2, 0.25) is 0 Å². The number of rotatable bonds is 1. The first-order chi connectivity index (χ1) is 9.54. The lowest BCUT2D eigenvalue weighted by atomic mass is 10.1. The Labute approximate surface area is 112 Å². The van der Waals surface area contributed by atoms with Crippen LogP contribution in [0.1, 0.15) is 15.9 Å². The normalized spacial score (nSPS) is 15.3. The molecule has 1 heterocycles. The summed E-state index contributed by atoms with van der Waals surface area (Å²) in [6, 6.07) is 7.12. The highest BCUT2D eigenvalue weighted by Crippen LogP contribution is 2.34. The average molecular weight is 274 g/mol. The molecule has 100 valence electrons. The molecule has 3 rings (SSSR count). The van der Waals surface area contributed by atoms with E-state index in [1.165, 1.54) is 30.3 Å². The van der Waals surface area contributed by atoms with Gasteiger partial charge in [0.15, 0.2) is 5.76 Å². The number of carbonyl (C=O) groups excluding carboxylic acids is 1. The predicted octanol–water partition coefficient (Wildman–Crippen LogP) is 3.29. The fraction of sp³-hybridized carbons (Fsp3) is 0. The highest BCUT2D eigenvalue weighted by atomic mass is 19.1. The van der Waals surface area contributed by atoms with Gasteiger partial charge in [-0.3, -0.25) is 4.79 Å². The van der Waals surface area contributed by atoms with Crippen LogP contribution < -0.4 is 4.74 Å². The molecule has 0 aliphatic carbocycles. The van der Waals surface area contributed by atoms with E-state index in [4.69, 9.17) is 4.74 Å². The average Bonchev–Trinajstić information content (AvgIpc) is 2.69. The third-order valence-corrected chi connectivity index (χ3v) is 2.90. The molecule has 0 amide bonds. The van der Waals surface area contributed by atoms with Crippen molar-refractivity contribution >= 4 is 11.9 Å². The number of phenolic OH excluding ortho intramolecular Hbond substituents is 1. The number of Topliss-reactive ketones (excluding diaryl/α,β-unsaturated/α-hetero) is 1. The molecule has 0 spiro atoms. The molecule has 20 heavy (non-hydrogen) atoms. The predicted molar refractivity (Wildman–Crippen MR) is 67.4 cm³/mol. The number of aromatic hydroxyl groups is 1. The molecule has 0 bridgehead atoms. The van der Waals surface area contributed by atoms with E-state index < -0.39 is 17.4 Å². The second-order valence-corrected chi connectivity index (χ2v) is 4.29. The third kappa shape index (κ3) is 2.03. The minimum atomic E-state index is -0.785. The number of phenols is 1. The zero-order chi connectivity index (χ0) is 14.3. The van der Waals surface area contributed by atoms with Gasteiger partial charge in [-0.15, -0.1) is 0 Å². The van der Waals surface area contributed by atoms with Crippen molar-refractivity contribution in [1.82, 2.24) is 0 Å². The summed E-state index contributed by atoms with van der Waals surface area (Å²) in [4.78, 5) is 12.0. The van der Waals surface area contributed by atoms with E-state index in [9.17, 15) is 18.7 Å². The first kappa shape index (κ1) is 12.3. The molecule has 1 aliphatic heterocycles. The first-order valence-electron chi connectivity index (χ1n) is 5.77. The van der Waals surface area contributed by atoms with Crippen molar-refractivity contribution in [1.29, 1.82) is 0 Å². The monoisotopic (exact) mass is 274 g/mol. The molecular weight excluding hydrogens is 266 g/mol. The number of ether oxygens (including phenoxy) is 1. The maximum atomic E-state index is 13.5. The van der Waals surface area contributed by atoms with Gasteiger partial charge in [0.25, 0.3) is 0 Å². The zero-order valence-corrected chi connectivity index (χ0v) is 10.1. The molecule has 0 saturated carbocycles. The van der Waals surface area contributed by atoms with E-state index >= 15 is 0 Å². The smallest absolute Gasteiger partial charge is 0.231 e. The van der Waals surface area contributed by atoms with Gasteiger partial charge < -0.3 is 9.84 Å². The number of ketones is 1. The van der Waals surface area contributed by atoms with Gasteiger partial charge in [0, 0.05) is 17.7 Å². The summed E-state index contributed by atoms with van der Waals surface area (Å²) in [5.41, 5.74) is 0.336. The second kappa shape index (κ2) is 4.45. The molecule has 0 aromatic heterocycles. The molecule has 1 N–H and O–H groups in total. The number of halogens is 2. The first-order valence-corrected chi connectivity index (χ1v) is 5.77. The number of allylic oxidation sites excluding steroid dienone is 1. The number of benzene rings is 2. The van der Waals surface area contributed by atoms with Gasteiger partial charge >= 0.3 is 0 Å². The van der Waals surface area contributed by atoms with Crippen LogP contribution in [0.3, 0.4) is 0 Å². The van der Waals surface area contributed by atoms with E-state index in [-0.39, 0.29) is 28.4 Å². The van der Waals surface area contributed by atoms with Crippen LogP contribution in [0, 0.1) is 11.6 Å². The van der Waals surface area contributed by atoms with E-state index in [0.717, 1.165) is 12.1 Å². The van der Waals surface area contributed by atoms with Crippen LogP contribution in [0.15, 0.2) is 42.2 Å². The molecular formula is C15H8F2O3. The SMILES string of the molecule is O=C1C(=Cc2ccc(F)cc2F)Oc2cc(O)ccc21. The van der Waals surface area contributed by atoms with Crippen molar-refractivity contribution < 1.29 is 23.4 Å². The largest absolute Gasteiger partial charge is 0.508 e. The highest BCUT2D eigenvalue weighted by Gasteiger charge is 2.27. The van der Waals surface area contributed by atoms with Gasteiger partial charge in [-0.25, -0.2) is 8.78 Å². The number of fused-ring (bicyclic) bond motifs is 1. The third-order valence-electron chi connectivity index (χ3n) is 2.90. The van der Waals surface area contributed by atoms with Gasteiger partial charge in [0.05, 0.1) is 5.56 Å². The van der Waals surface area contributed by atoms with Crippen LogP contribution in [-0.2, 0) is 0 Å². The van der Waals surface area contributed by atoms with Crippen LogP contribution in [0.4, 0.5) is 8.78 Å². The molecule has 3 nitrogen and oxygen atoms in total. The fourth-order valence-electron chi connectivity index (χ4n) is 1.94. The lowest BCUT2D eigenvalue weighted by Crippen LogP contribution is -1.98. The summed E-state index contributed by atoms with van der Waals surface area (Å²) >= 11 is 0. The summed E-state index contributed by atoms with van der Waals surface area (Å²) in [5.74, 6) is -1.79. The summed E-state index contributed by atoms with van der Waals surface area (Å²) in [6.07, 6.45) is 1.20. The zero-order valence-electron chi connectivity index (χ0n) is 10.1. The lowest BCUT2D eigenvalue weighted by Gasteiger charge is -2.00. The lowest BCUT2D eigenvalue weighted by molar-refractivity contribution is 0.101. The summed E-state index contributed by atoms with van der Waals surface area (Å²) < 4.78 is 31.6. The maximum Gasteiger partial charge on any atom is 0.231 e. The van der Waals surface area contributed by atoms with Gasteiger partial charge in [0.2, 0.25) is 5.78 Å². The Morgan fingerprint density at radius 2 is 1.90 bits per heavy atom. The van der Waals surface area contributed by atoms with E-state index in [1.54, 1.807) is 0 Å². The van der Waals surface area contributed by atoms with Crippen molar-refractivity contribution in [2.24, 2.45) is 0 Å². The number of carbonyl (C=O) groups is 1. The van der Waals surface area contributed by atoms with Gasteiger partial charge in [-0.2, -0.15) is 0 Å². The summed E-state index contributed by atoms with van der Waals surface area (Å²) in [5, 5.41) is 9.32. The fourth-order valence-corrected chi connectivity index (χ4v) is 1.94. The van der Waals surface area contributed by atoms with Crippen molar-refractivity contribution in [3.8, 4) is 11.5 Å². The molecule has 2 aromatic rings. The van der Waals surface area contributed by atoms with Gasteiger partial charge in [-0.05, 0) is 30.3 Å². The van der Waals surface area contributed by atoms with Gasteiger partial charge in [-0.1, -0.05) is 0 Å². The number of hydrogen-bond donors (Lipinski definition) is 1. The Kier molecular flexibility index (Phi) is 2.75. The quantitative estimate of drug-likeness (QED) is 0.812. The van der Waals surface area contributed by atoms with Gasteiger partial charge in [0.1, 0.15) is 23.1 Å². The van der Waals surface area contributed by atoms with Crippen LogP contribution in [0.25, 0.3) is 6.08 Å². The molecule has 1 aliphatic rings. The van der Waals surface area contributed by atoms with Crippen LogP contribution in [-0.4, -0.2) is 10.9 Å². The highest BCUT2D eigenvalue weighted by molar-refractivity contribution is 6.14. The summed E-state index contributed by atoms with van der Waals surface area (Å²) in [6.45, 7) is 0. The maximum absolute atomic E-state index is 13.5.